The number of nitrogens with zero attached hydrogens (tertiary/aromatic N) is 1. The van der Waals surface area contributed by atoms with Gasteiger partial charge in [-0.15, -0.1) is 0 Å². The number of nitrogens with one attached hydrogen (secondary N) is 1. The van der Waals surface area contributed by atoms with Crippen LogP contribution in [0.1, 0.15) is 15.9 Å². The Morgan fingerprint density at radius 3 is 2.89 bits per heavy atom. The van der Waals surface area contributed by atoms with Crippen LogP contribution in [-0.2, 0) is 11.2 Å². The second-order valence-electron chi connectivity index (χ2n) is 4.19. The fourth-order valence-corrected chi connectivity index (χ4v) is 1.63. The summed E-state index contributed by atoms with van der Waals surface area (Å²) >= 11 is 0. The van der Waals surface area contributed by atoms with Gasteiger partial charge in [0, 0.05) is 25.2 Å². The zero-order valence-corrected chi connectivity index (χ0v) is 10.6. The normalized spacial score (nSPS) is 10.3. The lowest BCUT2D eigenvalue weighted by molar-refractivity contribution is -0.109. The third-order valence-corrected chi connectivity index (χ3v) is 2.71. The van der Waals surface area contributed by atoms with E-state index in [-0.39, 0.29) is 0 Å². The molecule has 1 aromatic rings. The van der Waals surface area contributed by atoms with Crippen molar-refractivity contribution in [2.75, 3.05) is 26.7 Å². The summed E-state index contributed by atoms with van der Waals surface area (Å²) in [7, 11) is 1.99. The van der Waals surface area contributed by atoms with E-state index >= 15 is 0 Å². The maximum Gasteiger partial charge on any atom is 0.248 e. The van der Waals surface area contributed by atoms with Gasteiger partial charge in [0.2, 0.25) is 12.3 Å². The Morgan fingerprint density at radius 1 is 1.44 bits per heavy atom. The molecule has 3 N–H and O–H groups in total. The molecule has 5 heteroatoms. The van der Waals surface area contributed by atoms with E-state index in [4.69, 9.17) is 5.73 Å². The number of carbonyl (C=O) groups is 2. The first kappa shape index (κ1) is 14.2. The molecule has 0 atom stereocenters. The Hall–Kier alpha value is -1.88. The van der Waals surface area contributed by atoms with E-state index < -0.39 is 5.91 Å². The zero-order chi connectivity index (χ0) is 13.4. The standard InChI is InChI=1S/C13H19N3O2/c1-16(8-6-15-10-17)7-5-11-3-2-4-12(9-11)13(14)18/h2-4,9-10H,5-8H2,1H3,(H2,14,18)(H,15,17). The van der Waals surface area contributed by atoms with Crippen LogP contribution in [0.2, 0.25) is 0 Å². The fraction of sp³-hybridized carbons (Fsp3) is 0.385. The Labute approximate surface area is 107 Å². The van der Waals surface area contributed by atoms with Crippen molar-refractivity contribution >= 4 is 12.3 Å². The van der Waals surface area contributed by atoms with E-state index in [9.17, 15) is 9.59 Å². The van der Waals surface area contributed by atoms with Crippen LogP contribution < -0.4 is 11.1 Å². The van der Waals surface area contributed by atoms with Crippen LogP contribution in [-0.4, -0.2) is 43.9 Å². The Balaban J connectivity index is 2.40. The van der Waals surface area contributed by atoms with Gasteiger partial charge in [-0.3, -0.25) is 9.59 Å². The number of hydrogen-bond acceptors (Lipinski definition) is 3. The average molecular weight is 249 g/mol. The molecule has 0 aliphatic carbocycles. The molecule has 0 aromatic heterocycles. The van der Waals surface area contributed by atoms with E-state index in [1.165, 1.54) is 0 Å². The van der Waals surface area contributed by atoms with Gasteiger partial charge in [-0.1, -0.05) is 12.1 Å². The molecular formula is C13H19N3O2. The number of amides is 2. The van der Waals surface area contributed by atoms with E-state index in [2.05, 4.69) is 10.2 Å². The number of nitrogens with two attached hydrogens (primary N) is 1. The minimum atomic E-state index is -0.402. The Morgan fingerprint density at radius 2 is 2.22 bits per heavy atom. The van der Waals surface area contributed by atoms with Gasteiger partial charge in [-0.05, 0) is 31.2 Å². The second-order valence-corrected chi connectivity index (χ2v) is 4.19. The summed E-state index contributed by atoms with van der Waals surface area (Å²) < 4.78 is 0. The monoisotopic (exact) mass is 249 g/mol. The van der Waals surface area contributed by atoms with Crippen molar-refractivity contribution in [2.24, 2.45) is 5.73 Å². The molecule has 0 radical (unpaired) electrons. The van der Waals surface area contributed by atoms with Crippen LogP contribution in [0.25, 0.3) is 0 Å². The van der Waals surface area contributed by atoms with Crippen LogP contribution in [0.4, 0.5) is 0 Å². The number of primary amides is 1. The molecule has 0 bridgehead atoms. The van der Waals surface area contributed by atoms with Crippen molar-refractivity contribution in [3.63, 3.8) is 0 Å². The Kier molecular flexibility index (Phi) is 5.87. The molecule has 1 aromatic carbocycles. The maximum atomic E-state index is 11.0. The van der Waals surface area contributed by atoms with Gasteiger partial charge >= 0.3 is 0 Å². The van der Waals surface area contributed by atoms with Gasteiger partial charge in [0.25, 0.3) is 0 Å². The molecule has 0 fully saturated rings. The third kappa shape index (κ3) is 4.97. The molecular weight excluding hydrogens is 230 g/mol. The molecule has 1 rings (SSSR count). The summed E-state index contributed by atoms with van der Waals surface area (Å²) in [6.45, 7) is 2.30. The molecule has 2 amide bonds. The van der Waals surface area contributed by atoms with Gasteiger partial charge in [0.1, 0.15) is 0 Å². The van der Waals surface area contributed by atoms with Crippen molar-refractivity contribution in [3.8, 4) is 0 Å². The summed E-state index contributed by atoms with van der Waals surface area (Å²) in [6, 6.07) is 7.34. The first-order chi connectivity index (χ1) is 8.63. The summed E-state index contributed by atoms with van der Waals surface area (Å²) in [4.78, 5) is 23.2. The number of benzene rings is 1. The smallest absolute Gasteiger partial charge is 0.248 e. The van der Waals surface area contributed by atoms with Crippen molar-refractivity contribution < 1.29 is 9.59 Å². The van der Waals surface area contributed by atoms with Crippen LogP contribution >= 0.6 is 0 Å². The van der Waals surface area contributed by atoms with Gasteiger partial charge < -0.3 is 16.0 Å². The predicted molar refractivity (Wildman–Crippen MR) is 70.2 cm³/mol. The lowest BCUT2D eigenvalue weighted by atomic mass is 10.1. The fourth-order valence-electron chi connectivity index (χ4n) is 1.63. The van der Waals surface area contributed by atoms with Crippen LogP contribution in [0.5, 0.6) is 0 Å². The molecule has 98 valence electrons. The molecule has 0 saturated heterocycles. The minimum absolute atomic E-state index is 0.402. The molecule has 0 saturated carbocycles. The number of likely N-dealkylation sites (N-methyl/N-ethyl adjacent to an activating group) is 1. The van der Waals surface area contributed by atoms with Crippen LogP contribution in [0.15, 0.2) is 24.3 Å². The summed E-state index contributed by atoms with van der Waals surface area (Å²) in [5.74, 6) is -0.402. The average Bonchev–Trinajstić information content (AvgIpc) is 2.37. The Bertz CT molecular complexity index is 407. The molecule has 0 aliphatic heterocycles. The molecule has 0 aliphatic rings. The second kappa shape index (κ2) is 7.45. The van der Waals surface area contributed by atoms with Gasteiger partial charge in [-0.2, -0.15) is 0 Å². The molecule has 5 nitrogen and oxygen atoms in total. The topological polar surface area (TPSA) is 75.4 Å². The van der Waals surface area contributed by atoms with E-state index in [0.29, 0.717) is 18.5 Å². The SMILES string of the molecule is CN(CCNC=O)CCc1cccc(C(N)=O)c1. The van der Waals surface area contributed by atoms with Crippen molar-refractivity contribution in [2.45, 2.75) is 6.42 Å². The highest BCUT2D eigenvalue weighted by atomic mass is 16.1. The van der Waals surface area contributed by atoms with Crippen LogP contribution in [0, 0.1) is 0 Å². The van der Waals surface area contributed by atoms with Gasteiger partial charge in [0.05, 0.1) is 0 Å². The third-order valence-electron chi connectivity index (χ3n) is 2.71. The molecule has 0 unspecified atom stereocenters. The first-order valence-corrected chi connectivity index (χ1v) is 5.88. The maximum absolute atomic E-state index is 11.0. The van der Waals surface area contributed by atoms with Crippen LogP contribution in [0.3, 0.4) is 0 Å². The quantitative estimate of drug-likeness (QED) is 0.503. The van der Waals surface area contributed by atoms with E-state index in [0.717, 1.165) is 25.1 Å². The number of rotatable bonds is 8. The van der Waals surface area contributed by atoms with Crippen molar-refractivity contribution in [3.05, 3.63) is 35.4 Å². The molecule has 18 heavy (non-hydrogen) atoms. The first-order valence-electron chi connectivity index (χ1n) is 5.88. The summed E-state index contributed by atoms with van der Waals surface area (Å²) in [5.41, 5.74) is 6.85. The van der Waals surface area contributed by atoms with Crippen molar-refractivity contribution in [1.82, 2.24) is 10.2 Å². The molecule has 0 spiro atoms. The lowest BCUT2D eigenvalue weighted by Crippen LogP contribution is -2.30. The predicted octanol–water partition coefficient (Wildman–Crippen LogP) is 0.00580. The largest absolute Gasteiger partial charge is 0.366 e. The summed E-state index contributed by atoms with van der Waals surface area (Å²) in [5, 5.41) is 2.62. The lowest BCUT2D eigenvalue weighted by Gasteiger charge is -2.16. The molecule has 0 heterocycles. The number of carbonyl (C=O) groups excluding carboxylic acids is 2. The summed E-state index contributed by atoms with van der Waals surface area (Å²) in [6.07, 6.45) is 1.54. The highest BCUT2D eigenvalue weighted by Crippen LogP contribution is 2.06. The van der Waals surface area contributed by atoms with Gasteiger partial charge in [0.15, 0.2) is 0 Å². The van der Waals surface area contributed by atoms with Crippen molar-refractivity contribution in [1.29, 1.82) is 0 Å². The zero-order valence-electron chi connectivity index (χ0n) is 10.6. The van der Waals surface area contributed by atoms with Gasteiger partial charge in [-0.25, -0.2) is 0 Å². The highest BCUT2D eigenvalue weighted by molar-refractivity contribution is 5.92. The number of hydrogen-bond donors (Lipinski definition) is 2. The minimum Gasteiger partial charge on any atom is -0.366 e. The highest BCUT2D eigenvalue weighted by Gasteiger charge is 2.03. The van der Waals surface area contributed by atoms with E-state index in [1.54, 1.807) is 6.07 Å². The van der Waals surface area contributed by atoms with E-state index in [1.807, 2.05) is 25.2 Å².